The molecule has 3 N–H and O–H groups in total. The summed E-state index contributed by atoms with van der Waals surface area (Å²) in [5.41, 5.74) is 1.59. The molecule has 2 heterocycles. The van der Waals surface area contributed by atoms with Gasteiger partial charge in [0.1, 0.15) is 24.6 Å². The van der Waals surface area contributed by atoms with E-state index in [1.807, 2.05) is 0 Å². The molecule has 2 atom stereocenters. The molecule has 9 nitrogen and oxygen atoms in total. The number of amides is 4. The van der Waals surface area contributed by atoms with E-state index in [0.29, 0.717) is 22.2 Å². The zero-order chi connectivity index (χ0) is 28.6. The van der Waals surface area contributed by atoms with E-state index < -0.39 is 29.8 Å². The third-order valence-electron chi connectivity index (χ3n) is 7.09. The molecule has 1 aliphatic carbocycles. The van der Waals surface area contributed by atoms with Crippen molar-refractivity contribution in [2.75, 3.05) is 11.9 Å². The number of benzene rings is 2. The largest absolute Gasteiger partial charge is 0.350 e. The number of urea groups is 1. The van der Waals surface area contributed by atoms with Gasteiger partial charge in [-0.25, -0.2) is 13.6 Å². The standard InChI is InChI=1S/C28H28ClF2N5O4/c1-15(37)21-13-35(23-8-7-19(10-20(21)23)34-28(40)33-18-5-6-18)14-25(38)36-12-17(30)9-24(36)27(39)32-11-16-3-2-4-22(29)26(16)31/h2-4,7-8,10,13,17-18,24H,5-6,9,11-12,14H2,1H3,(H,32,39)(H2,33,34,40). The van der Waals surface area contributed by atoms with Gasteiger partial charge in [-0.2, -0.15) is 0 Å². The number of likely N-dealkylation sites (tertiary alicyclic amines) is 1. The van der Waals surface area contributed by atoms with Crippen molar-refractivity contribution in [3.05, 3.63) is 64.6 Å². The molecule has 210 valence electrons. The molecular weight excluding hydrogens is 544 g/mol. The molecule has 2 aliphatic rings. The van der Waals surface area contributed by atoms with Gasteiger partial charge in [-0.15, -0.1) is 0 Å². The minimum absolute atomic E-state index is 0.0819. The highest BCUT2D eigenvalue weighted by Gasteiger charge is 2.39. The Morgan fingerprint density at radius 3 is 2.62 bits per heavy atom. The van der Waals surface area contributed by atoms with Crippen LogP contribution in [0.5, 0.6) is 0 Å². The molecule has 1 saturated heterocycles. The van der Waals surface area contributed by atoms with Gasteiger partial charge in [0.15, 0.2) is 5.78 Å². The molecule has 0 spiro atoms. The number of rotatable bonds is 8. The number of halogens is 3. The maximum atomic E-state index is 14.4. The fraction of sp³-hybridized carbons (Fsp3) is 0.357. The van der Waals surface area contributed by atoms with E-state index in [1.165, 1.54) is 24.0 Å². The monoisotopic (exact) mass is 571 g/mol. The lowest BCUT2D eigenvalue weighted by molar-refractivity contribution is -0.139. The first-order chi connectivity index (χ1) is 19.1. The summed E-state index contributed by atoms with van der Waals surface area (Å²) in [6.07, 6.45) is 1.85. The van der Waals surface area contributed by atoms with Crippen LogP contribution in [0.2, 0.25) is 5.02 Å². The lowest BCUT2D eigenvalue weighted by Gasteiger charge is -2.24. The third-order valence-corrected chi connectivity index (χ3v) is 7.39. The molecule has 1 saturated carbocycles. The predicted octanol–water partition coefficient (Wildman–Crippen LogP) is 4.18. The van der Waals surface area contributed by atoms with E-state index in [1.54, 1.807) is 35.0 Å². The lowest BCUT2D eigenvalue weighted by Crippen LogP contribution is -2.46. The zero-order valence-corrected chi connectivity index (χ0v) is 22.4. The molecule has 1 aliphatic heterocycles. The molecule has 1 aromatic heterocycles. The Labute approximate surface area is 233 Å². The number of ketones is 1. The number of aromatic nitrogens is 1. The first-order valence-electron chi connectivity index (χ1n) is 13.0. The zero-order valence-electron chi connectivity index (χ0n) is 21.7. The fourth-order valence-corrected chi connectivity index (χ4v) is 5.09. The molecule has 4 amide bonds. The number of alkyl halides is 1. The van der Waals surface area contributed by atoms with E-state index in [9.17, 15) is 28.0 Å². The Morgan fingerprint density at radius 1 is 1.12 bits per heavy atom. The van der Waals surface area contributed by atoms with Crippen molar-refractivity contribution in [1.82, 2.24) is 20.1 Å². The maximum Gasteiger partial charge on any atom is 0.319 e. The summed E-state index contributed by atoms with van der Waals surface area (Å²) in [5.74, 6) is -2.00. The number of Topliss-reactive ketones (excluding diaryl/α,β-unsaturated/α-hetero) is 1. The maximum absolute atomic E-state index is 14.4. The number of fused-ring (bicyclic) bond motifs is 1. The molecule has 40 heavy (non-hydrogen) atoms. The number of carbonyl (C=O) groups is 4. The number of anilines is 1. The molecule has 2 unspecified atom stereocenters. The van der Waals surface area contributed by atoms with Gasteiger partial charge in [0.2, 0.25) is 11.8 Å². The van der Waals surface area contributed by atoms with Crippen LogP contribution in [0.4, 0.5) is 19.3 Å². The van der Waals surface area contributed by atoms with Crippen molar-refractivity contribution in [3.63, 3.8) is 0 Å². The number of nitrogens with zero attached hydrogens (tertiary/aromatic N) is 2. The highest BCUT2D eigenvalue weighted by Crippen LogP contribution is 2.28. The first-order valence-corrected chi connectivity index (χ1v) is 13.3. The Hall–Kier alpha value is -3.99. The van der Waals surface area contributed by atoms with E-state index >= 15 is 0 Å². The highest BCUT2D eigenvalue weighted by molar-refractivity contribution is 6.30. The van der Waals surface area contributed by atoms with Crippen molar-refractivity contribution in [3.8, 4) is 0 Å². The average Bonchev–Trinajstić information content (AvgIpc) is 3.52. The van der Waals surface area contributed by atoms with Gasteiger partial charge in [-0.05, 0) is 44.0 Å². The van der Waals surface area contributed by atoms with Crippen LogP contribution in [-0.2, 0) is 22.7 Å². The number of carbonyl (C=O) groups excluding carboxylic acids is 4. The van der Waals surface area contributed by atoms with Crippen molar-refractivity contribution >= 4 is 51.8 Å². The van der Waals surface area contributed by atoms with Gasteiger partial charge in [-0.1, -0.05) is 23.7 Å². The summed E-state index contributed by atoms with van der Waals surface area (Å²) in [4.78, 5) is 51.9. The summed E-state index contributed by atoms with van der Waals surface area (Å²) in [6, 6.07) is 8.21. The Balaban J connectivity index is 1.31. The topological polar surface area (TPSA) is 113 Å². The summed E-state index contributed by atoms with van der Waals surface area (Å²) in [6.45, 7) is 0.738. The molecular formula is C28H28ClF2N5O4. The average molecular weight is 572 g/mol. The smallest absolute Gasteiger partial charge is 0.319 e. The van der Waals surface area contributed by atoms with Crippen LogP contribution in [0.25, 0.3) is 10.9 Å². The SMILES string of the molecule is CC(=O)c1cn(CC(=O)N2CC(F)CC2C(=O)NCc2cccc(Cl)c2F)c2ccc(NC(=O)NC3CC3)cc12. The Morgan fingerprint density at radius 2 is 1.90 bits per heavy atom. The number of hydrogen-bond acceptors (Lipinski definition) is 4. The van der Waals surface area contributed by atoms with Crippen LogP contribution in [-0.4, -0.2) is 57.9 Å². The second-order valence-electron chi connectivity index (χ2n) is 10.2. The molecule has 0 bridgehead atoms. The molecule has 0 radical (unpaired) electrons. The van der Waals surface area contributed by atoms with Crippen molar-refractivity contribution in [2.45, 2.75) is 57.5 Å². The minimum Gasteiger partial charge on any atom is -0.350 e. The van der Waals surface area contributed by atoms with Gasteiger partial charge < -0.3 is 25.4 Å². The summed E-state index contributed by atoms with van der Waals surface area (Å²) in [5, 5.41) is 8.63. The van der Waals surface area contributed by atoms with Gasteiger partial charge in [0.25, 0.3) is 0 Å². The predicted molar refractivity (Wildman–Crippen MR) is 145 cm³/mol. The number of nitrogens with one attached hydrogen (secondary N) is 3. The van der Waals surface area contributed by atoms with Crippen molar-refractivity contribution < 1.29 is 28.0 Å². The van der Waals surface area contributed by atoms with E-state index in [-0.39, 0.29) is 54.5 Å². The normalized spacial score (nSPS) is 18.6. The van der Waals surface area contributed by atoms with Crippen LogP contribution in [0.15, 0.2) is 42.6 Å². The molecule has 5 rings (SSSR count). The van der Waals surface area contributed by atoms with Crippen LogP contribution in [0, 0.1) is 5.82 Å². The van der Waals surface area contributed by atoms with Crippen LogP contribution >= 0.6 is 11.6 Å². The third kappa shape index (κ3) is 5.94. The molecule has 12 heteroatoms. The van der Waals surface area contributed by atoms with E-state index in [0.717, 1.165) is 12.8 Å². The van der Waals surface area contributed by atoms with Crippen LogP contribution in [0.3, 0.4) is 0 Å². The Bertz CT molecular complexity index is 1510. The number of hydrogen-bond donors (Lipinski definition) is 3. The highest BCUT2D eigenvalue weighted by atomic mass is 35.5. The molecule has 2 aromatic carbocycles. The van der Waals surface area contributed by atoms with Gasteiger partial charge in [0, 0.05) is 52.9 Å². The second kappa shape index (κ2) is 11.2. The quantitative estimate of drug-likeness (QED) is 0.352. The minimum atomic E-state index is -1.40. The van der Waals surface area contributed by atoms with Crippen LogP contribution < -0.4 is 16.0 Å². The molecule has 3 aromatic rings. The first kappa shape index (κ1) is 27.6. The Kier molecular flexibility index (Phi) is 7.75. The van der Waals surface area contributed by atoms with E-state index in [2.05, 4.69) is 16.0 Å². The van der Waals surface area contributed by atoms with E-state index in [4.69, 9.17) is 11.6 Å². The van der Waals surface area contributed by atoms with Gasteiger partial charge in [0.05, 0.1) is 11.6 Å². The van der Waals surface area contributed by atoms with Gasteiger partial charge in [-0.3, -0.25) is 14.4 Å². The second-order valence-corrected chi connectivity index (χ2v) is 10.6. The summed E-state index contributed by atoms with van der Waals surface area (Å²) in [7, 11) is 0. The van der Waals surface area contributed by atoms with Gasteiger partial charge >= 0.3 is 6.03 Å². The summed E-state index contributed by atoms with van der Waals surface area (Å²) < 4.78 is 30.2. The van der Waals surface area contributed by atoms with Crippen molar-refractivity contribution in [1.29, 1.82) is 0 Å². The molecule has 2 fully saturated rings. The lowest BCUT2D eigenvalue weighted by atomic mass is 10.1. The fourth-order valence-electron chi connectivity index (χ4n) is 4.90. The van der Waals surface area contributed by atoms with Crippen LogP contribution in [0.1, 0.15) is 42.1 Å². The summed E-state index contributed by atoms with van der Waals surface area (Å²) >= 11 is 5.80. The van der Waals surface area contributed by atoms with Crippen molar-refractivity contribution in [2.24, 2.45) is 0 Å².